The summed E-state index contributed by atoms with van der Waals surface area (Å²) in [4.78, 5) is 28.3. The largest absolute Gasteiger partial charge is 0.378 e. The van der Waals surface area contributed by atoms with Gasteiger partial charge in [0.25, 0.3) is 5.91 Å². The van der Waals surface area contributed by atoms with E-state index >= 15 is 0 Å². The summed E-state index contributed by atoms with van der Waals surface area (Å²) in [5.41, 5.74) is 3.20. The van der Waals surface area contributed by atoms with E-state index in [4.69, 9.17) is 4.74 Å². The summed E-state index contributed by atoms with van der Waals surface area (Å²) in [6, 6.07) is 4.58. The van der Waals surface area contributed by atoms with E-state index in [0.717, 1.165) is 17.0 Å². The third kappa shape index (κ3) is 4.93. The number of amides is 2. The first-order valence-electron chi connectivity index (χ1n) is 10.8. The second-order valence-electron chi connectivity index (χ2n) is 8.31. The van der Waals surface area contributed by atoms with Gasteiger partial charge in [0, 0.05) is 37.6 Å². The molecule has 1 saturated heterocycles. The van der Waals surface area contributed by atoms with Gasteiger partial charge >= 0.3 is 0 Å². The minimum absolute atomic E-state index is 0.0427. The zero-order valence-electron chi connectivity index (χ0n) is 18.3. The van der Waals surface area contributed by atoms with Gasteiger partial charge in [-0.25, -0.2) is 0 Å². The van der Waals surface area contributed by atoms with Gasteiger partial charge in [0.15, 0.2) is 0 Å². The Morgan fingerprint density at radius 3 is 2.53 bits per heavy atom. The van der Waals surface area contributed by atoms with Crippen LogP contribution in [0, 0.1) is 25.2 Å². The van der Waals surface area contributed by atoms with Crippen molar-refractivity contribution in [2.45, 2.75) is 52.0 Å². The highest BCUT2D eigenvalue weighted by atomic mass is 16.5. The third-order valence-electron chi connectivity index (χ3n) is 6.20. The lowest BCUT2D eigenvalue weighted by Crippen LogP contribution is -2.46. The van der Waals surface area contributed by atoms with Gasteiger partial charge in [-0.2, -0.15) is 5.26 Å². The van der Waals surface area contributed by atoms with Gasteiger partial charge in [0.05, 0.1) is 19.8 Å². The van der Waals surface area contributed by atoms with Crippen LogP contribution in [0.2, 0.25) is 0 Å². The predicted octanol–water partition coefficient (Wildman–Crippen LogP) is 2.83. The van der Waals surface area contributed by atoms with E-state index < -0.39 is 5.91 Å². The van der Waals surface area contributed by atoms with Crippen molar-refractivity contribution in [1.29, 1.82) is 5.26 Å². The molecule has 7 heteroatoms. The Labute approximate surface area is 178 Å². The SMILES string of the molecule is Cc1cc(/C=C(\C#N)C(=O)N(C)CC(=O)N2CCOCC2)c(C)n1C1CCCCC1. The number of nitrogens with zero attached hydrogens (tertiary/aromatic N) is 4. The van der Waals surface area contributed by atoms with Crippen molar-refractivity contribution in [1.82, 2.24) is 14.4 Å². The molecule has 0 unspecified atom stereocenters. The highest BCUT2D eigenvalue weighted by molar-refractivity contribution is 6.03. The van der Waals surface area contributed by atoms with E-state index in [1.165, 1.54) is 37.0 Å². The van der Waals surface area contributed by atoms with E-state index in [0.29, 0.717) is 32.3 Å². The van der Waals surface area contributed by atoms with Crippen molar-refractivity contribution in [2.24, 2.45) is 0 Å². The lowest BCUT2D eigenvalue weighted by atomic mass is 9.95. The van der Waals surface area contributed by atoms with Crippen LogP contribution in [0.4, 0.5) is 0 Å². The van der Waals surface area contributed by atoms with Crippen LogP contribution in [-0.4, -0.2) is 66.1 Å². The highest BCUT2D eigenvalue weighted by Crippen LogP contribution is 2.32. The number of aromatic nitrogens is 1. The molecule has 0 N–H and O–H groups in total. The Morgan fingerprint density at radius 1 is 1.23 bits per heavy atom. The summed E-state index contributed by atoms with van der Waals surface area (Å²) >= 11 is 0. The Hall–Kier alpha value is -2.59. The standard InChI is InChI=1S/C23H32N4O3/c1-17-13-19(18(2)27(17)21-7-5-4-6-8-21)14-20(15-24)23(29)25(3)16-22(28)26-9-11-30-12-10-26/h13-14,21H,4-12,16H2,1-3H3/b20-14+. The third-order valence-corrected chi connectivity index (χ3v) is 6.20. The molecule has 2 fully saturated rings. The van der Waals surface area contributed by atoms with Crippen molar-refractivity contribution in [3.8, 4) is 6.07 Å². The summed E-state index contributed by atoms with van der Waals surface area (Å²) in [5, 5.41) is 9.62. The molecule has 7 nitrogen and oxygen atoms in total. The molecule has 1 aromatic heterocycles. The first-order chi connectivity index (χ1) is 14.4. The predicted molar refractivity (Wildman–Crippen MR) is 115 cm³/mol. The number of morpholine rings is 1. The summed E-state index contributed by atoms with van der Waals surface area (Å²) < 4.78 is 7.62. The summed E-state index contributed by atoms with van der Waals surface area (Å²) in [6.07, 6.45) is 7.81. The molecule has 0 atom stereocenters. The molecule has 1 saturated carbocycles. The number of carbonyl (C=O) groups excluding carboxylic acids is 2. The van der Waals surface area contributed by atoms with E-state index in [1.54, 1.807) is 18.0 Å². The molecule has 30 heavy (non-hydrogen) atoms. The average molecular weight is 413 g/mol. The Bertz CT molecular complexity index is 853. The summed E-state index contributed by atoms with van der Waals surface area (Å²) in [6.45, 7) is 6.20. The summed E-state index contributed by atoms with van der Waals surface area (Å²) in [7, 11) is 1.57. The Morgan fingerprint density at radius 2 is 1.90 bits per heavy atom. The molecule has 2 aliphatic rings. The molecule has 1 aliphatic heterocycles. The molecular weight excluding hydrogens is 380 g/mol. The van der Waals surface area contributed by atoms with Crippen molar-refractivity contribution < 1.29 is 14.3 Å². The fourth-order valence-electron chi connectivity index (χ4n) is 4.54. The van der Waals surface area contributed by atoms with Crippen LogP contribution in [0.1, 0.15) is 55.1 Å². The Balaban J connectivity index is 1.73. The van der Waals surface area contributed by atoms with Crippen molar-refractivity contribution >= 4 is 17.9 Å². The van der Waals surface area contributed by atoms with Crippen molar-refractivity contribution in [2.75, 3.05) is 39.9 Å². The van der Waals surface area contributed by atoms with Gasteiger partial charge in [0.2, 0.25) is 5.91 Å². The Kier molecular flexibility index (Phi) is 7.33. The fraction of sp³-hybridized carbons (Fsp3) is 0.609. The first-order valence-corrected chi connectivity index (χ1v) is 10.8. The zero-order chi connectivity index (χ0) is 21.7. The van der Waals surface area contributed by atoms with Crippen LogP contribution in [0.3, 0.4) is 0 Å². The second kappa shape index (κ2) is 9.94. The molecule has 0 bridgehead atoms. The number of rotatable bonds is 5. The number of carbonyl (C=O) groups is 2. The van der Waals surface area contributed by atoms with E-state index in [2.05, 4.69) is 18.4 Å². The van der Waals surface area contributed by atoms with Crippen LogP contribution in [0.5, 0.6) is 0 Å². The van der Waals surface area contributed by atoms with Gasteiger partial charge in [-0.05, 0) is 44.4 Å². The minimum atomic E-state index is -0.429. The summed E-state index contributed by atoms with van der Waals surface area (Å²) in [5.74, 6) is -0.552. The highest BCUT2D eigenvalue weighted by Gasteiger charge is 2.24. The maximum Gasteiger partial charge on any atom is 0.264 e. The number of likely N-dealkylation sites (N-methyl/N-ethyl adjacent to an activating group) is 1. The molecule has 0 spiro atoms. The number of ether oxygens (including phenoxy) is 1. The molecule has 162 valence electrons. The van der Waals surface area contributed by atoms with Crippen molar-refractivity contribution in [3.05, 3.63) is 28.6 Å². The van der Waals surface area contributed by atoms with Crippen LogP contribution < -0.4 is 0 Å². The topological polar surface area (TPSA) is 78.6 Å². The van der Waals surface area contributed by atoms with Crippen LogP contribution in [0.25, 0.3) is 6.08 Å². The van der Waals surface area contributed by atoms with E-state index in [1.807, 2.05) is 12.1 Å². The number of nitriles is 1. The number of hydrogen-bond acceptors (Lipinski definition) is 4. The normalized spacial score (nSPS) is 18.2. The van der Waals surface area contributed by atoms with E-state index in [9.17, 15) is 14.9 Å². The smallest absolute Gasteiger partial charge is 0.264 e. The zero-order valence-corrected chi connectivity index (χ0v) is 18.3. The molecule has 2 amide bonds. The van der Waals surface area contributed by atoms with Gasteiger partial charge < -0.3 is 19.1 Å². The van der Waals surface area contributed by atoms with Gasteiger partial charge in [-0.15, -0.1) is 0 Å². The second-order valence-corrected chi connectivity index (χ2v) is 8.31. The maximum absolute atomic E-state index is 12.8. The maximum atomic E-state index is 12.8. The van der Waals surface area contributed by atoms with Gasteiger partial charge in [0.1, 0.15) is 11.6 Å². The molecule has 3 rings (SSSR count). The van der Waals surface area contributed by atoms with Crippen molar-refractivity contribution in [3.63, 3.8) is 0 Å². The average Bonchev–Trinajstić information content (AvgIpc) is 3.05. The fourth-order valence-corrected chi connectivity index (χ4v) is 4.54. The van der Waals surface area contributed by atoms with E-state index in [-0.39, 0.29) is 18.0 Å². The number of aryl methyl sites for hydroxylation is 1. The molecule has 0 aromatic carbocycles. The monoisotopic (exact) mass is 412 g/mol. The lowest BCUT2D eigenvalue weighted by Gasteiger charge is -2.28. The van der Waals surface area contributed by atoms with Crippen LogP contribution >= 0.6 is 0 Å². The lowest BCUT2D eigenvalue weighted by molar-refractivity contribution is -0.140. The minimum Gasteiger partial charge on any atom is -0.378 e. The molecule has 1 aromatic rings. The van der Waals surface area contributed by atoms with Crippen LogP contribution in [0.15, 0.2) is 11.6 Å². The molecular formula is C23H32N4O3. The van der Waals surface area contributed by atoms with Gasteiger partial charge in [-0.1, -0.05) is 19.3 Å². The number of hydrogen-bond donors (Lipinski definition) is 0. The van der Waals surface area contributed by atoms with Gasteiger partial charge in [-0.3, -0.25) is 9.59 Å². The molecule has 2 heterocycles. The first kappa shape index (κ1) is 22.1. The molecule has 1 aliphatic carbocycles. The molecule has 0 radical (unpaired) electrons. The quantitative estimate of drug-likeness (QED) is 0.550. The van der Waals surface area contributed by atoms with Crippen LogP contribution in [-0.2, 0) is 14.3 Å².